The number of aliphatic hydroxyl groups is 5. The van der Waals surface area contributed by atoms with Crippen LogP contribution < -0.4 is 0 Å². The van der Waals surface area contributed by atoms with Crippen LogP contribution in [0.15, 0.2) is 36.5 Å². The molecule has 0 radical (unpaired) electrons. The fraction of sp³-hybridized carbons (Fsp3) is 0.833. The lowest BCUT2D eigenvalue weighted by atomic mass is 9.85. The second-order valence-corrected chi connectivity index (χ2v) is 18.3. The van der Waals surface area contributed by atoms with Crippen molar-refractivity contribution in [2.24, 2.45) is 0 Å². The van der Waals surface area contributed by atoms with Crippen LogP contribution in [0.5, 0.6) is 0 Å². The average Bonchev–Trinajstić information content (AvgIpc) is 3.25. The van der Waals surface area contributed by atoms with E-state index in [-0.39, 0.29) is 12.8 Å². The SMILES string of the molecule is CC/C=C\C/C=C\C/C=C\CCCCCCCC(=O)OC[C@H](COP(=O)(O)OC1C(O)C(O)C(O)[C@@H](O)C1O)OC(=O)CCCCCCCCCCCCCCCCCCCC. The molecule has 13 nitrogen and oxygen atoms in total. The highest BCUT2D eigenvalue weighted by Gasteiger charge is 2.51. The molecule has 1 fully saturated rings. The fourth-order valence-electron chi connectivity index (χ4n) is 7.36. The van der Waals surface area contributed by atoms with E-state index in [9.17, 15) is 44.6 Å². The number of unbranched alkanes of at least 4 members (excludes halogenated alkanes) is 22. The number of allylic oxidation sites excluding steroid dienone is 6. The van der Waals surface area contributed by atoms with Gasteiger partial charge in [-0.25, -0.2) is 4.57 Å². The van der Waals surface area contributed by atoms with Crippen LogP contribution in [0.3, 0.4) is 0 Å². The van der Waals surface area contributed by atoms with Crippen LogP contribution in [-0.4, -0.2) is 98.3 Å². The van der Waals surface area contributed by atoms with Crippen LogP contribution in [-0.2, 0) is 32.7 Å². The minimum absolute atomic E-state index is 0.0960. The molecule has 0 aliphatic heterocycles. The molecule has 1 saturated carbocycles. The van der Waals surface area contributed by atoms with Crippen molar-refractivity contribution in [1.29, 1.82) is 0 Å². The Kier molecular flexibility index (Phi) is 35.9. The van der Waals surface area contributed by atoms with Gasteiger partial charge in [0.05, 0.1) is 6.61 Å². The summed E-state index contributed by atoms with van der Waals surface area (Å²) in [7, 11) is -5.12. The number of hydrogen-bond acceptors (Lipinski definition) is 12. The summed E-state index contributed by atoms with van der Waals surface area (Å²) in [6, 6.07) is 0. The predicted molar refractivity (Wildman–Crippen MR) is 244 cm³/mol. The van der Waals surface area contributed by atoms with Gasteiger partial charge in [0.1, 0.15) is 43.2 Å². The van der Waals surface area contributed by atoms with Crippen LogP contribution in [0.1, 0.15) is 200 Å². The Morgan fingerprint density at radius 2 is 0.919 bits per heavy atom. The van der Waals surface area contributed by atoms with Crippen molar-refractivity contribution in [1.82, 2.24) is 0 Å². The Morgan fingerprint density at radius 3 is 1.40 bits per heavy atom. The van der Waals surface area contributed by atoms with Crippen molar-refractivity contribution in [2.75, 3.05) is 13.2 Å². The normalized spacial score (nSPS) is 22.1. The summed E-state index contributed by atoms with van der Waals surface area (Å²) < 4.78 is 33.6. The van der Waals surface area contributed by atoms with Crippen LogP contribution in [0.2, 0.25) is 0 Å². The summed E-state index contributed by atoms with van der Waals surface area (Å²) in [6.45, 7) is 3.19. The number of phosphoric ester groups is 1. The first-order valence-electron chi connectivity index (χ1n) is 24.3. The zero-order valence-corrected chi connectivity index (χ0v) is 39.3. The quantitative estimate of drug-likeness (QED) is 0.0147. The lowest BCUT2D eigenvalue weighted by Gasteiger charge is -2.41. The highest BCUT2D eigenvalue weighted by molar-refractivity contribution is 7.47. The van der Waals surface area contributed by atoms with E-state index in [1.807, 2.05) is 0 Å². The van der Waals surface area contributed by atoms with Gasteiger partial charge in [0.25, 0.3) is 0 Å². The minimum atomic E-state index is -5.12. The van der Waals surface area contributed by atoms with Gasteiger partial charge in [-0.1, -0.05) is 179 Å². The largest absolute Gasteiger partial charge is 0.472 e. The van der Waals surface area contributed by atoms with E-state index >= 15 is 0 Å². The van der Waals surface area contributed by atoms with Gasteiger partial charge in [0.2, 0.25) is 0 Å². The second kappa shape index (κ2) is 38.3. The molecule has 0 aromatic heterocycles. The van der Waals surface area contributed by atoms with Crippen LogP contribution in [0.25, 0.3) is 0 Å². The molecule has 0 spiro atoms. The van der Waals surface area contributed by atoms with Crippen molar-refractivity contribution in [3.63, 3.8) is 0 Å². The molecule has 1 aliphatic rings. The van der Waals surface area contributed by atoms with Gasteiger partial charge >= 0.3 is 19.8 Å². The average molecular weight is 903 g/mol. The highest BCUT2D eigenvalue weighted by Crippen LogP contribution is 2.47. The van der Waals surface area contributed by atoms with Crippen LogP contribution >= 0.6 is 7.82 Å². The monoisotopic (exact) mass is 903 g/mol. The van der Waals surface area contributed by atoms with E-state index in [4.69, 9.17) is 18.5 Å². The summed E-state index contributed by atoms with van der Waals surface area (Å²) in [5.74, 6) is -1.11. The first kappa shape index (κ1) is 58.1. The van der Waals surface area contributed by atoms with E-state index in [0.717, 1.165) is 77.0 Å². The molecular weight excluding hydrogens is 815 g/mol. The van der Waals surface area contributed by atoms with Gasteiger partial charge in [-0.05, 0) is 44.9 Å². The third-order valence-corrected chi connectivity index (χ3v) is 12.2. The van der Waals surface area contributed by atoms with Gasteiger partial charge in [0, 0.05) is 12.8 Å². The number of aliphatic hydroxyl groups excluding tert-OH is 5. The van der Waals surface area contributed by atoms with E-state index in [2.05, 4.69) is 50.3 Å². The van der Waals surface area contributed by atoms with Crippen molar-refractivity contribution < 1.29 is 63.1 Å². The smallest absolute Gasteiger partial charge is 0.462 e. The third kappa shape index (κ3) is 30.3. The van der Waals surface area contributed by atoms with Crippen molar-refractivity contribution in [3.8, 4) is 0 Å². The van der Waals surface area contributed by atoms with Gasteiger partial charge in [-0.15, -0.1) is 0 Å². The maximum absolute atomic E-state index is 12.8. The maximum Gasteiger partial charge on any atom is 0.472 e. The summed E-state index contributed by atoms with van der Waals surface area (Å²) in [5.41, 5.74) is 0. The number of carbonyl (C=O) groups is 2. The zero-order chi connectivity index (χ0) is 45.7. The molecule has 0 heterocycles. The van der Waals surface area contributed by atoms with Crippen molar-refractivity contribution in [3.05, 3.63) is 36.5 Å². The van der Waals surface area contributed by atoms with Gasteiger partial charge in [-0.3, -0.25) is 18.6 Å². The molecular formula is C48H87O13P. The number of hydrogen-bond donors (Lipinski definition) is 6. The van der Waals surface area contributed by atoms with Gasteiger partial charge in [0.15, 0.2) is 6.10 Å². The van der Waals surface area contributed by atoms with E-state index < -0.39 is 75.7 Å². The molecule has 1 rings (SSSR count). The van der Waals surface area contributed by atoms with E-state index in [1.165, 1.54) is 83.5 Å². The lowest BCUT2D eigenvalue weighted by Crippen LogP contribution is -2.64. The van der Waals surface area contributed by atoms with Crippen LogP contribution in [0, 0.1) is 0 Å². The molecule has 0 aromatic rings. The molecule has 1 aliphatic carbocycles. The van der Waals surface area contributed by atoms with Gasteiger partial charge < -0.3 is 39.9 Å². The topological polar surface area (TPSA) is 210 Å². The van der Waals surface area contributed by atoms with Crippen molar-refractivity contribution in [2.45, 2.75) is 243 Å². The third-order valence-electron chi connectivity index (χ3n) is 11.2. The van der Waals surface area contributed by atoms with Crippen LogP contribution in [0.4, 0.5) is 0 Å². The van der Waals surface area contributed by atoms with E-state index in [0.29, 0.717) is 12.8 Å². The molecule has 8 atom stereocenters. The molecule has 0 amide bonds. The Morgan fingerprint density at radius 1 is 0.516 bits per heavy atom. The highest BCUT2D eigenvalue weighted by atomic mass is 31.2. The molecule has 6 unspecified atom stereocenters. The Hall–Kier alpha value is -1.93. The summed E-state index contributed by atoms with van der Waals surface area (Å²) >= 11 is 0. The minimum Gasteiger partial charge on any atom is -0.462 e. The molecule has 0 bridgehead atoms. The summed E-state index contributed by atoms with van der Waals surface area (Å²) in [4.78, 5) is 35.7. The number of carbonyl (C=O) groups excluding carboxylic acids is 2. The molecule has 6 N–H and O–H groups in total. The van der Waals surface area contributed by atoms with E-state index in [1.54, 1.807) is 0 Å². The number of esters is 2. The predicted octanol–water partition coefficient (Wildman–Crippen LogP) is 9.78. The number of rotatable bonds is 40. The fourth-order valence-corrected chi connectivity index (χ4v) is 8.33. The van der Waals surface area contributed by atoms with Gasteiger partial charge in [-0.2, -0.15) is 0 Å². The Labute approximate surface area is 374 Å². The molecule has 14 heteroatoms. The zero-order valence-electron chi connectivity index (χ0n) is 38.4. The lowest BCUT2D eigenvalue weighted by molar-refractivity contribution is -0.220. The number of ether oxygens (including phenoxy) is 2. The Bertz CT molecular complexity index is 1230. The summed E-state index contributed by atoms with van der Waals surface area (Å²) in [6.07, 6.45) is 30.5. The molecule has 0 aromatic carbocycles. The number of phosphoric acid groups is 1. The first-order valence-corrected chi connectivity index (χ1v) is 25.8. The molecule has 362 valence electrons. The Balaban J connectivity index is 2.43. The standard InChI is InChI=1S/C48H87O13P/c1-3-5-7-9-11-13-15-17-19-20-21-23-25-27-29-31-33-35-37-42(50)60-40(39-59-62(56,57)61-48-46(54)44(52)43(51)45(53)47(48)55)38-58-41(49)36-34-32-30-28-26-24-22-18-16-14-12-10-8-6-4-2/h6,8,12,14,18,22,40,43-48,51-55H,3-5,7,9-11,13,15-17,19-21,23-39H2,1-2H3,(H,56,57)/b8-6-,14-12-,22-18-/t40-,43?,44-,45?,46?,47?,48?/m1/s1. The second-order valence-electron chi connectivity index (χ2n) is 16.9. The molecule has 0 saturated heterocycles. The first-order chi connectivity index (χ1) is 29.9. The van der Waals surface area contributed by atoms with Crippen molar-refractivity contribution >= 4 is 19.8 Å². The molecule has 62 heavy (non-hydrogen) atoms. The maximum atomic E-state index is 12.8. The summed E-state index contributed by atoms with van der Waals surface area (Å²) in [5, 5.41) is 50.2.